The van der Waals surface area contributed by atoms with E-state index >= 15 is 0 Å². The molecule has 4 aliphatic rings. The van der Waals surface area contributed by atoms with Gasteiger partial charge in [0.25, 0.3) is 0 Å². The summed E-state index contributed by atoms with van der Waals surface area (Å²) in [5, 5.41) is 19.1. The smallest absolute Gasteiger partial charge is 0.303 e. The quantitative estimate of drug-likeness (QED) is 0.649. The van der Waals surface area contributed by atoms with Crippen molar-refractivity contribution in [2.24, 2.45) is 40.4 Å². The molecule has 0 amide bonds. The molecule has 0 radical (unpaired) electrons. The molecule has 8 atom stereocenters. The van der Waals surface area contributed by atoms with Gasteiger partial charge < -0.3 is 10.2 Å². The summed E-state index contributed by atoms with van der Waals surface area (Å²) in [6.07, 6.45) is 9.89. The number of carbonyl (C=O) groups excluding carboxylic acids is 1. The highest BCUT2D eigenvalue weighted by atomic mass is 16.4. The van der Waals surface area contributed by atoms with Crippen LogP contribution in [0.2, 0.25) is 0 Å². The second-order valence-electron chi connectivity index (χ2n) is 10.6. The van der Waals surface area contributed by atoms with Crippen LogP contribution in [0.25, 0.3) is 0 Å². The molecular weight excluding hydrogens is 364 g/mol. The summed E-state index contributed by atoms with van der Waals surface area (Å²) in [7, 11) is 0. The van der Waals surface area contributed by atoms with Crippen LogP contribution in [0.5, 0.6) is 0 Å². The average Bonchev–Trinajstić information content (AvgIpc) is 3.01. The molecule has 0 saturated heterocycles. The van der Waals surface area contributed by atoms with E-state index in [4.69, 9.17) is 5.11 Å². The highest BCUT2D eigenvalue weighted by Gasteiger charge is 2.62. The van der Waals surface area contributed by atoms with E-state index < -0.39 is 5.97 Å². The summed E-state index contributed by atoms with van der Waals surface area (Å²) in [4.78, 5) is 24.2. The Bertz CT molecular complexity index is 616. The average molecular weight is 407 g/mol. The van der Waals surface area contributed by atoms with Gasteiger partial charge >= 0.3 is 5.97 Å². The monoisotopic (exact) mass is 406 g/mol. The molecule has 0 aromatic heterocycles. The maximum absolute atomic E-state index is 13.3. The van der Waals surface area contributed by atoms with Crippen LogP contribution in [0.4, 0.5) is 0 Å². The Morgan fingerprint density at radius 2 is 1.69 bits per heavy atom. The van der Waals surface area contributed by atoms with Gasteiger partial charge in [0, 0.05) is 18.8 Å². The summed E-state index contributed by atoms with van der Waals surface area (Å²) in [6, 6.07) is 0. The Hall–Kier alpha value is -0.900. The van der Waals surface area contributed by atoms with Crippen molar-refractivity contribution in [3.63, 3.8) is 0 Å². The molecule has 0 aliphatic heterocycles. The lowest BCUT2D eigenvalue weighted by atomic mass is 9.44. The number of hydrogen-bond donors (Lipinski definition) is 2. The molecule has 0 heterocycles. The molecule has 4 saturated carbocycles. The fourth-order valence-electron chi connectivity index (χ4n) is 7.99. The fourth-order valence-corrected chi connectivity index (χ4v) is 7.99. The summed E-state index contributed by atoms with van der Waals surface area (Å²) in [6.45, 7) is 8.81. The van der Waals surface area contributed by atoms with Crippen LogP contribution in [0.3, 0.4) is 0 Å². The normalized spacial score (nSPS) is 46.0. The lowest BCUT2D eigenvalue weighted by Crippen LogP contribution is -2.57. The summed E-state index contributed by atoms with van der Waals surface area (Å²) in [5.74, 6) is 1.92. The molecule has 4 fully saturated rings. The third-order valence-electron chi connectivity index (χ3n) is 9.58. The van der Waals surface area contributed by atoms with E-state index in [9.17, 15) is 14.7 Å². The Morgan fingerprint density at radius 3 is 2.38 bits per heavy atom. The number of ketones is 1. The second-order valence-corrected chi connectivity index (χ2v) is 10.6. The van der Waals surface area contributed by atoms with E-state index in [1.807, 2.05) is 13.8 Å². The van der Waals surface area contributed by atoms with Crippen molar-refractivity contribution >= 4 is 11.8 Å². The summed E-state index contributed by atoms with van der Waals surface area (Å²) in [5.41, 5.74) is 0.438. The first-order valence-electron chi connectivity index (χ1n) is 12.2. The van der Waals surface area contributed by atoms with Gasteiger partial charge in [0.1, 0.15) is 5.78 Å². The number of Topliss-reactive ketones (excluding diaryl/α,β-unsaturated/α-hetero) is 1. The van der Waals surface area contributed by atoms with Gasteiger partial charge in [0.15, 0.2) is 0 Å². The van der Waals surface area contributed by atoms with Crippen LogP contribution in [-0.2, 0) is 9.59 Å². The van der Waals surface area contributed by atoms with Crippen LogP contribution < -0.4 is 0 Å². The van der Waals surface area contributed by atoms with Crippen molar-refractivity contribution in [2.75, 3.05) is 0 Å². The largest absolute Gasteiger partial charge is 0.481 e. The van der Waals surface area contributed by atoms with Crippen molar-refractivity contribution in [3.05, 3.63) is 0 Å². The predicted molar refractivity (Wildman–Crippen MR) is 114 cm³/mol. The minimum absolute atomic E-state index is 0.213. The number of fused-ring (bicyclic) bond motifs is 5. The van der Waals surface area contributed by atoms with Gasteiger partial charge in [-0.25, -0.2) is 0 Å². The van der Waals surface area contributed by atoms with Crippen molar-refractivity contribution in [1.29, 1.82) is 0 Å². The first-order chi connectivity index (χ1) is 13.8. The SMILES string of the molecule is CC.CC12CC[C@@H](O)CC1CC(=O)[C@@H]1C2CC[C@@]2(C)C1CC[C@@H]2CCCC(=O)O. The summed E-state index contributed by atoms with van der Waals surface area (Å²) < 4.78 is 0. The molecule has 4 aliphatic carbocycles. The van der Waals surface area contributed by atoms with Gasteiger partial charge in [-0.3, -0.25) is 9.59 Å². The standard InChI is InChI=1S/C23H36O4.C2H6/c1-22-11-9-18-21(17(22)7-6-14(22)4-3-5-20(26)27)19(25)13-15-12-16(24)8-10-23(15,18)2;1-2/h14-18,21,24H,3-13H2,1-2H3,(H,26,27);1-2H3/t14-,15?,16+,17?,18?,21-,22+,23?;/m0./s1. The Morgan fingerprint density at radius 1 is 1.03 bits per heavy atom. The number of carboxylic acids is 1. The number of carbonyl (C=O) groups is 2. The maximum Gasteiger partial charge on any atom is 0.303 e. The zero-order valence-corrected chi connectivity index (χ0v) is 19.0. The topological polar surface area (TPSA) is 74.6 Å². The van der Waals surface area contributed by atoms with Crippen molar-refractivity contribution < 1.29 is 19.8 Å². The molecule has 0 aromatic rings. The van der Waals surface area contributed by atoms with Gasteiger partial charge in [-0.2, -0.15) is 0 Å². The molecule has 4 heteroatoms. The fraction of sp³-hybridized carbons (Fsp3) is 0.920. The van der Waals surface area contributed by atoms with Crippen molar-refractivity contribution in [2.45, 2.75) is 104 Å². The van der Waals surface area contributed by atoms with Crippen LogP contribution in [0.15, 0.2) is 0 Å². The third-order valence-corrected chi connectivity index (χ3v) is 9.58. The zero-order valence-electron chi connectivity index (χ0n) is 19.0. The first-order valence-corrected chi connectivity index (χ1v) is 12.2. The Kier molecular flexibility index (Phi) is 6.82. The van der Waals surface area contributed by atoms with Gasteiger partial charge in [0.2, 0.25) is 0 Å². The highest BCUT2D eigenvalue weighted by Crippen LogP contribution is 2.67. The van der Waals surface area contributed by atoms with E-state index in [2.05, 4.69) is 13.8 Å². The van der Waals surface area contributed by atoms with E-state index in [1.54, 1.807) is 0 Å². The van der Waals surface area contributed by atoms with E-state index in [-0.39, 0.29) is 29.3 Å². The number of aliphatic hydroxyl groups is 1. The lowest BCUT2D eigenvalue weighted by molar-refractivity contribution is -0.160. The molecule has 4 nitrogen and oxygen atoms in total. The molecule has 4 unspecified atom stereocenters. The number of carboxylic acid groups (broad SMARTS) is 1. The maximum atomic E-state index is 13.3. The number of rotatable bonds is 4. The van der Waals surface area contributed by atoms with Crippen molar-refractivity contribution in [3.8, 4) is 0 Å². The van der Waals surface area contributed by atoms with Crippen LogP contribution in [0, 0.1) is 40.4 Å². The zero-order chi connectivity index (χ0) is 21.4. The predicted octanol–water partition coefficient (Wildman–Crippen LogP) is 5.47. The molecule has 29 heavy (non-hydrogen) atoms. The second kappa shape index (κ2) is 8.69. The van der Waals surface area contributed by atoms with Gasteiger partial charge in [-0.05, 0) is 92.3 Å². The van der Waals surface area contributed by atoms with Gasteiger partial charge in [-0.1, -0.05) is 27.7 Å². The number of aliphatic hydroxyl groups excluding tert-OH is 1. The Labute approximate surface area is 176 Å². The first kappa shape index (κ1) is 22.8. The highest BCUT2D eigenvalue weighted by molar-refractivity contribution is 5.83. The Balaban J connectivity index is 0.00000117. The molecule has 0 aromatic carbocycles. The van der Waals surface area contributed by atoms with Crippen LogP contribution in [-0.4, -0.2) is 28.1 Å². The molecule has 166 valence electrons. The van der Waals surface area contributed by atoms with E-state index in [1.165, 1.54) is 6.42 Å². The molecule has 0 spiro atoms. The van der Waals surface area contributed by atoms with E-state index in [0.717, 1.165) is 51.4 Å². The molecule has 4 rings (SSSR count). The van der Waals surface area contributed by atoms with Crippen LogP contribution in [0.1, 0.15) is 98.3 Å². The number of hydrogen-bond acceptors (Lipinski definition) is 3. The molecule has 0 bridgehead atoms. The number of aliphatic carboxylic acids is 1. The third kappa shape index (κ3) is 3.91. The van der Waals surface area contributed by atoms with Gasteiger partial charge in [0.05, 0.1) is 6.10 Å². The molecular formula is C25H42O4. The summed E-state index contributed by atoms with van der Waals surface area (Å²) >= 11 is 0. The molecule has 2 N–H and O–H groups in total. The van der Waals surface area contributed by atoms with Crippen LogP contribution >= 0.6 is 0 Å². The van der Waals surface area contributed by atoms with Crippen molar-refractivity contribution in [1.82, 2.24) is 0 Å². The van der Waals surface area contributed by atoms with E-state index in [0.29, 0.717) is 35.9 Å². The minimum atomic E-state index is -0.695. The minimum Gasteiger partial charge on any atom is -0.481 e. The van der Waals surface area contributed by atoms with Gasteiger partial charge in [-0.15, -0.1) is 0 Å². The lowest BCUT2D eigenvalue weighted by Gasteiger charge is -2.60.